The molecule has 29 heavy (non-hydrogen) atoms. The van der Waals surface area contributed by atoms with Gasteiger partial charge in [-0.25, -0.2) is 28.2 Å². The fourth-order valence-corrected chi connectivity index (χ4v) is 3.55. The summed E-state index contributed by atoms with van der Waals surface area (Å²) in [5.41, 5.74) is 4.05. The summed E-state index contributed by atoms with van der Waals surface area (Å²) in [6.07, 6.45) is 8.50. The maximum atomic E-state index is 14.0. The molecule has 5 rings (SSSR count). The van der Waals surface area contributed by atoms with Gasteiger partial charge in [-0.2, -0.15) is 5.10 Å². The number of rotatable bonds is 5. The number of anilines is 1. The minimum atomic E-state index is -2.72. The van der Waals surface area contributed by atoms with Crippen molar-refractivity contribution in [2.24, 2.45) is 5.92 Å². The average molecular weight is 397 g/mol. The van der Waals surface area contributed by atoms with Gasteiger partial charge in [0, 0.05) is 48.1 Å². The van der Waals surface area contributed by atoms with Crippen LogP contribution in [0.3, 0.4) is 0 Å². The zero-order valence-electron chi connectivity index (χ0n) is 15.9. The topological polar surface area (TPSA) is 80.0 Å². The fourth-order valence-electron chi connectivity index (χ4n) is 3.55. The van der Waals surface area contributed by atoms with E-state index in [0.29, 0.717) is 19.4 Å². The molecule has 150 valence electrons. The number of hydrogen-bond donors (Lipinski definition) is 2. The summed E-state index contributed by atoms with van der Waals surface area (Å²) >= 11 is 0. The van der Waals surface area contributed by atoms with E-state index in [1.165, 1.54) is 0 Å². The predicted octanol–water partition coefficient (Wildman–Crippen LogP) is 2.90. The molecule has 1 saturated carbocycles. The molecule has 0 aromatic carbocycles. The molecule has 0 amide bonds. The van der Waals surface area contributed by atoms with Gasteiger partial charge in [0.05, 0.1) is 24.1 Å². The molecular formula is C20H21F2N7. The molecular weight excluding hydrogens is 376 g/mol. The van der Waals surface area contributed by atoms with E-state index in [-0.39, 0.29) is 12.0 Å². The number of nitrogens with one attached hydrogen (secondary N) is 2. The minimum Gasteiger partial charge on any atom is -0.348 e. The Labute approximate surface area is 166 Å². The minimum absolute atomic E-state index is 0.0951. The molecule has 0 unspecified atom stereocenters. The SMILES string of the molecule is C[C@@H]1C=C(c2ccn3nccc3n2)c2cnc(NCC(F)(F)C3CC3)nc2CN1. The molecule has 2 aliphatic rings. The molecule has 0 saturated heterocycles. The molecule has 4 heterocycles. The van der Waals surface area contributed by atoms with Gasteiger partial charge >= 0.3 is 0 Å². The summed E-state index contributed by atoms with van der Waals surface area (Å²) in [6, 6.07) is 3.83. The van der Waals surface area contributed by atoms with E-state index < -0.39 is 18.4 Å². The van der Waals surface area contributed by atoms with Crippen LogP contribution in [0.5, 0.6) is 0 Å². The molecule has 2 N–H and O–H groups in total. The van der Waals surface area contributed by atoms with Crippen molar-refractivity contribution in [3.8, 4) is 0 Å². The average Bonchev–Trinajstić information content (AvgIpc) is 3.50. The van der Waals surface area contributed by atoms with Crippen LogP contribution in [0.2, 0.25) is 0 Å². The first-order valence-corrected chi connectivity index (χ1v) is 9.73. The number of aromatic nitrogens is 5. The van der Waals surface area contributed by atoms with Crippen molar-refractivity contribution >= 4 is 17.2 Å². The van der Waals surface area contributed by atoms with Gasteiger partial charge in [-0.3, -0.25) is 0 Å². The van der Waals surface area contributed by atoms with E-state index in [1.807, 2.05) is 25.3 Å². The standard InChI is InChI=1S/C20H21F2N7/c1-12-8-14(16-5-7-29-18(27-16)4-6-26-29)15-9-24-19(28-17(15)10-23-12)25-11-20(21,22)13-2-3-13/h4-9,12-13,23H,2-3,10-11H2,1H3,(H,24,25,28)/t12-/m1/s1. The van der Waals surface area contributed by atoms with Crippen LogP contribution in [0.15, 0.2) is 36.8 Å². The number of alkyl halides is 2. The van der Waals surface area contributed by atoms with Crippen LogP contribution >= 0.6 is 0 Å². The second-order valence-corrected chi connectivity index (χ2v) is 7.64. The highest BCUT2D eigenvalue weighted by Crippen LogP contribution is 2.43. The maximum absolute atomic E-state index is 14.0. The van der Waals surface area contributed by atoms with Crippen LogP contribution in [-0.4, -0.2) is 43.1 Å². The van der Waals surface area contributed by atoms with Gasteiger partial charge in [0.15, 0.2) is 5.65 Å². The lowest BCUT2D eigenvalue weighted by molar-refractivity contribution is -0.00832. The Hall–Kier alpha value is -2.94. The summed E-state index contributed by atoms with van der Waals surface area (Å²) in [5.74, 6) is -3.02. The molecule has 0 spiro atoms. The Bertz CT molecular complexity index is 1090. The van der Waals surface area contributed by atoms with E-state index in [9.17, 15) is 8.78 Å². The first-order chi connectivity index (χ1) is 14.0. The second-order valence-electron chi connectivity index (χ2n) is 7.64. The van der Waals surface area contributed by atoms with E-state index in [2.05, 4.69) is 36.8 Å². The lowest BCUT2D eigenvalue weighted by Gasteiger charge is -2.17. The van der Waals surface area contributed by atoms with Gasteiger partial charge in [-0.1, -0.05) is 6.08 Å². The second kappa shape index (κ2) is 6.84. The highest BCUT2D eigenvalue weighted by molar-refractivity contribution is 5.80. The Morgan fingerprint density at radius 2 is 2.14 bits per heavy atom. The van der Waals surface area contributed by atoms with E-state index >= 15 is 0 Å². The quantitative estimate of drug-likeness (QED) is 0.689. The Morgan fingerprint density at radius 1 is 1.28 bits per heavy atom. The summed E-state index contributed by atoms with van der Waals surface area (Å²) in [7, 11) is 0. The lowest BCUT2D eigenvalue weighted by Crippen LogP contribution is -2.30. The largest absolute Gasteiger partial charge is 0.348 e. The van der Waals surface area contributed by atoms with E-state index in [0.717, 1.165) is 28.2 Å². The number of nitrogens with zero attached hydrogens (tertiary/aromatic N) is 5. The number of fused-ring (bicyclic) bond motifs is 2. The molecule has 1 aliphatic heterocycles. The molecule has 1 fully saturated rings. The van der Waals surface area contributed by atoms with Gasteiger partial charge in [-0.05, 0) is 25.8 Å². The zero-order valence-corrected chi connectivity index (χ0v) is 15.9. The van der Waals surface area contributed by atoms with Crippen molar-refractivity contribution in [2.45, 2.75) is 38.3 Å². The van der Waals surface area contributed by atoms with Gasteiger partial charge in [0.2, 0.25) is 5.95 Å². The third-order valence-electron chi connectivity index (χ3n) is 5.36. The predicted molar refractivity (Wildman–Crippen MR) is 105 cm³/mol. The molecule has 3 aromatic heterocycles. The molecule has 1 atom stereocenters. The van der Waals surface area contributed by atoms with Crippen molar-refractivity contribution in [3.63, 3.8) is 0 Å². The Kier molecular flexibility index (Phi) is 4.27. The molecule has 7 nitrogen and oxygen atoms in total. The smallest absolute Gasteiger partial charge is 0.267 e. The highest BCUT2D eigenvalue weighted by atomic mass is 19.3. The first kappa shape index (κ1) is 18.1. The molecule has 0 radical (unpaired) electrons. The van der Waals surface area contributed by atoms with Crippen LogP contribution < -0.4 is 10.6 Å². The lowest BCUT2D eigenvalue weighted by atomic mass is 10.0. The van der Waals surface area contributed by atoms with Crippen LogP contribution in [0.1, 0.15) is 36.7 Å². The van der Waals surface area contributed by atoms with Crippen LogP contribution in [0.25, 0.3) is 11.2 Å². The third kappa shape index (κ3) is 3.57. The summed E-state index contributed by atoms with van der Waals surface area (Å²) in [4.78, 5) is 13.5. The molecule has 9 heteroatoms. The van der Waals surface area contributed by atoms with Crippen LogP contribution in [0, 0.1) is 5.92 Å². The highest BCUT2D eigenvalue weighted by Gasteiger charge is 2.46. The van der Waals surface area contributed by atoms with Crippen molar-refractivity contribution in [2.75, 3.05) is 11.9 Å². The third-order valence-corrected chi connectivity index (χ3v) is 5.36. The molecule has 1 aliphatic carbocycles. The summed E-state index contributed by atoms with van der Waals surface area (Å²) in [5, 5.41) is 10.3. The number of hydrogen-bond acceptors (Lipinski definition) is 6. The van der Waals surface area contributed by atoms with Gasteiger partial charge in [0.1, 0.15) is 0 Å². The van der Waals surface area contributed by atoms with E-state index in [4.69, 9.17) is 0 Å². The molecule has 3 aromatic rings. The van der Waals surface area contributed by atoms with Crippen molar-refractivity contribution in [1.82, 2.24) is 29.9 Å². The Morgan fingerprint density at radius 3 is 2.97 bits per heavy atom. The molecule has 0 bridgehead atoms. The summed E-state index contributed by atoms with van der Waals surface area (Å²) < 4.78 is 29.7. The van der Waals surface area contributed by atoms with Crippen molar-refractivity contribution < 1.29 is 8.78 Å². The van der Waals surface area contributed by atoms with Crippen LogP contribution in [0.4, 0.5) is 14.7 Å². The number of halogens is 2. The van der Waals surface area contributed by atoms with Gasteiger partial charge in [0.25, 0.3) is 5.92 Å². The zero-order chi connectivity index (χ0) is 20.0. The van der Waals surface area contributed by atoms with Crippen molar-refractivity contribution in [1.29, 1.82) is 0 Å². The normalized spacial score (nSPS) is 19.6. The van der Waals surface area contributed by atoms with Crippen LogP contribution in [-0.2, 0) is 6.54 Å². The monoisotopic (exact) mass is 397 g/mol. The first-order valence-electron chi connectivity index (χ1n) is 9.73. The van der Waals surface area contributed by atoms with Gasteiger partial charge in [-0.15, -0.1) is 0 Å². The maximum Gasteiger partial charge on any atom is 0.267 e. The van der Waals surface area contributed by atoms with Crippen molar-refractivity contribution in [3.05, 3.63) is 53.8 Å². The van der Waals surface area contributed by atoms with E-state index in [1.54, 1.807) is 16.9 Å². The Balaban J connectivity index is 1.46. The van der Waals surface area contributed by atoms with Gasteiger partial charge < -0.3 is 10.6 Å². The fraction of sp³-hybridized carbons (Fsp3) is 0.400. The summed E-state index contributed by atoms with van der Waals surface area (Å²) in [6.45, 7) is 2.12.